The van der Waals surface area contributed by atoms with Crippen molar-refractivity contribution in [3.05, 3.63) is 29.8 Å². The maximum absolute atomic E-state index is 11.7. The lowest BCUT2D eigenvalue weighted by Crippen LogP contribution is -2.23. The third-order valence-corrected chi connectivity index (χ3v) is 4.04. The molecule has 1 saturated heterocycles. The number of benzene rings is 1. The van der Waals surface area contributed by atoms with Gasteiger partial charge in [0.05, 0.1) is 5.25 Å². The number of thioether (sulfide) groups is 1. The lowest BCUT2D eigenvalue weighted by atomic mass is 10.2. The Morgan fingerprint density at radius 1 is 1.56 bits per heavy atom. The lowest BCUT2D eigenvalue weighted by molar-refractivity contribution is -0.126. The van der Waals surface area contributed by atoms with Gasteiger partial charge < -0.3 is 10.6 Å². The predicted molar refractivity (Wildman–Crippen MR) is 66.2 cm³/mol. The highest BCUT2D eigenvalue weighted by Crippen LogP contribution is 2.30. The Kier molecular flexibility index (Phi) is 3.51. The van der Waals surface area contributed by atoms with Crippen LogP contribution in [0.4, 0.5) is 0 Å². The van der Waals surface area contributed by atoms with Gasteiger partial charge >= 0.3 is 0 Å². The van der Waals surface area contributed by atoms with Gasteiger partial charge in [0.15, 0.2) is 0 Å². The van der Waals surface area contributed by atoms with E-state index in [9.17, 15) is 4.79 Å². The Bertz CT molecular complexity index is 394. The van der Waals surface area contributed by atoms with E-state index in [0.29, 0.717) is 6.54 Å². The van der Waals surface area contributed by atoms with Gasteiger partial charge in [-0.05, 0) is 24.1 Å². The molecule has 0 aliphatic carbocycles. The minimum absolute atomic E-state index is 0.0815. The molecule has 0 spiro atoms. The van der Waals surface area contributed by atoms with E-state index >= 15 is 0 Å². The van der Waals surface area contributed by atoms with Gasteiger partial charge in [-0.1, -0.05) is 12.1 Å². The first-order chi connectivity index (χ1) is 7.70. The molecule has 2 N–H and O–H groups in total. The van der Waals surface area contributed by atoms with Crippen LogP contribution in [0.2, 0.25) is 0 Å². The number of hydrogen-bond acceptors (Lipinski definition) is 3. The first-order valence-corrected chi connectivity index (χ1v) is 6.29. The quantitative estimate of drug-likeness (QED) is 0.864. The molecule has 1 amide bonds. The Morgan fingerprint density at radius 2 is 2.38 bits per heavy atom. The van der Waals surface area contributed by atoms with Crippen LogP contribution in [0.1, 0.15) is 12.0 Å². The van der Waals surface area contributed by atoms with Crippen LogP contribution in [0.25, 0.3) is 0 Å². The molecule has 0 radical (unpaired) electrons. The van der Waals surface area contributed by atoms with Crippen LogP contribution in [0, 0.1) is 0 Å². The molecular weight excluding hydrogens is 220 g/mol. The van der Waals surface area contributed by atoms with E-state index in [1.807, 2.05) is 25.2 Å². The Morgan fingerprint density at radius 3 is 3.00 bits per heavy atom. The van der Waals surface area contributed by atoms with E-state index in [2.05, 4.69) is 6.07 Å². The molecule has 4 heteroatoms. The number of carbonyl (C=O) groups is 1. The Hall–Kier alpha value is -1.00. The molecule has 0 aromatic heterocycles. The molecule has 0 saturated carbocycles. The highest BCUT2D eigenvalue weighted by molar-refractivity contribution is 8.00. The van der Waals surface area contributed by atoms with E-state index in [0.717, 1.165) is 23.4 Å². The molecule has 1 aromatic rings. The van der Waals surface area contributed by atoms with Gasteiger partial charge in [0.25, 0.3) is 0 Å². The lowest BCUT2D eigenvalue weighted by Gasteiger charge is -2.10. The number of likely N-dealkylation sites (tertiary alicyclic amines) is 1. The van der Waals surface area contributed by atoms with E-state index in [4.69, 9.17) is 5.73 Å². The molecule has 2 rings (SSSR count). The normalized spacial score (nSPS) is 20.5. The molecular formula is C12H16N2OS. The van der Waals surface area contributed by atoms with Crippen LogP contribution in [-0.4, -0.2) is 29.6 Å². The van der Waals surface area contributed by atoms with Crippen molar-refractivity contribution in [1.29, 1.82) is 0 Å². The summed E-state index contributed by atoms with van der Waals surface area (Å²) in [6, 6.07) is 8.10. The van der Waals surface area contributed by atoms with Crippen LogP contribution in [-0.2, 0) is 11.3 Å². The van der Waals surface area contributed by atoms with Crippen molar-refractivity contribution in [2.75, 3.05) is 13.6 Å². The molecule has 16 heavy (non-hydrogen) atoms. The van der Waals surface area contributed by atoms with Crippen molar-refractivity contribution < 1.29 is 4.79 Å². The third kappa shape index (κ3) is 2.39. The first-order valence-electron chi connectivity index (χ1n) is 5.41. The van der Waals surface area contributed by atoms with Crippen LogP contribution in [0.3, 0.4) is 0 Å². The molecule has 1 fully saturated rings. The van der Waals surface area contributed by atoms with Crippen LogP contribution >= 0.6 is 11.8 Å². The molecule has 1 aliphatic heterocycles. The second-order valence-electron chi connectivity index (χ2n) is 4.01. The minimum atomic E-state index is 0.0815. The number of nitrogens with zero attached hydrogens (tertiary/aromatic N) is 1. The number of amides is 1. The second kappa shape index (κ2) is 4.89. The zero-order chi connectivity index (χ0) is 11.5. The maximum atomic E-state index is 11.7. The summed E-state index contributed by atoms with van der Waals surface area (Å²) < 4.78 is 0. The summed E-state index contributed by atoms with van der Waals surface area (Å²) in [5.74, 6) is 0.239. The maximum Gasteiger partial charge on any atom is 0.235 e. The third-order valence-electron chi connectivity index (χ3n) is 2.79. The van der Waals surface area contributed by atoms with Crippen LogP contribution in [0.15, 0.2) is 29.2 Å². The molecule has 0 bridgehead atoms. The fourth-order valence-corrected chi connectivity index (χ4v) is 3.02. The average molecular weight is 236 g/mol. The van der Waals surface area contributed by atoms with Crippen LogP contribution < -0.4 is 5.73 Å². The van der Waals surface area contributed by atoms with Crippen molar-refractivity contribution in [3.63, 3.8) is 0 Å². The number of rotatable bonds is 3. The summed E-state index contributed by atoms with van der Waals surface area (Å²) >= 11 is 1.65. The molecule has 1 atom stereocenters. The van der Waals surface area contributed by atoms with Gasteiger partial charge in [0, 0.05) is 25.0 Å². The van der Waals surface area contributed by atoms with Gasteiger partial charge in [-0.2, -0.15) is 0 Å². The van der Waals surface area contributed by atoms with Crippen molar-refractivity contribution in [1.82, 2.24) is 4.90 Å². The Labute approximate surface area is 100.0 Å². The molecule has 1 heterocycles. The zero-order valence-corrected chi connectivity index (χ0v) is 10.2. The van der Waals surface area contributed by atoms with Gasteiger partial charge in [0.1, 0.15) is 0 Å². The summed E-state index contributed by atoms with van der Waals surface area (Å²) in [5, 5.41) is 0.0815. The topological polar surface area (TPSA) is 46.3 Å². The van der Waals surface area contributed by atoms with Gasteiger partial charge in [-0.3, -0.25) is 4.79 Å². The molecule has 3 nitrogen and oxygen atoms in total. The minimum Gasteiger partial charge on any atom is -0.345 e. The first kappa shape index (κ1) is 11.5. The summed E-state index contributed by atoms with van der Waals surface area (Å²) in [5.41, 5.74) is 6.71. The van der Waals surface area contributed by atoms with Gasteiger partial charge in [-0.15, -0.1) is 11.8 Å². The van der Waals surface area contributed by atoms with Gasteiger partial charge in [-0.25, -0.2) is 0 Å². The highest BCUT2D eigenvalue weighted by Gasteiger charge is 2.29. The standard InChI is InChI=1S/C12H16N2OS/c1-14-6-5-11(12(14)15)16-10-4-2-3-9(7-10)8-13/h2-4,7,11H,5-6,8,13H2,1H3. The monoisotopic (exact) mass is 236 g/mol. The Balaban J connectivity index is 2.06. The molecule has 1 unspecified atom stereocenters. The average Bonchev–Trinajstić information content (AvgIpc) is 2.61. The number of nitrogens with two attached hydrogens (primary N) is 1. The van der Waals surface area contributed by atoms with E-state index in [-0.39, 0.29) is 11.2 Å². The van der Waals surface area contributed by atoms with Crippen LogP contribution in [0.5, 0.6) is 0 Å². The zero-order valence-electron chi connectivity index (χ0n) is 9.35. The fourth-order valence-electron chi connectivity index (χ4n) is 1.81. The predicted octanol–water partition coefficient (Wildman–Crippen LogP) is 1.47. The van der Waals surface area contributed by atoms with Crippen molar-refractivity contribution >= 4 is 17.7 Å². The largest absolute Gasteiger partial charge is 0.345 e. The van der Waals surface area contributed by atoms with Crippen molar-refractivity contribution in [3.8, 4) is 0 Å². The van der Waals surface area contributed by atoms with Crippen molar-refractivity contribution in [2.45, 2.75) is 23.1 Å². The SMILES string of the molecule is CN1CCC(Sc2cccc(CN)c2)C1=O. The second-order valence-corrected chi connectivity index (χ2v) is 5.28. The van der Waals surface area contributed by atoms with E-state index in [1.165, 1.54) is 0 Å². The van der Waals surface area contributed by atoms with E-state index in [1.54, 1.807) is 16.7 Å². The molecule has 1 aromatic carbocycles. The van der Waals surface area contributed by atoms with Crippen molar-refractivity contribution in [2.24, 2.45) is 5.73 Å². The summed E-state index contributed by atoms with van der Waals surface area (Å²) in [4.78, 5) is 14.7. The smallest absolute Gasteiger partial charge is 0.235 e. The van der Waals surface area contributed by atoms with E-state index < -0.39 is 0 Å². The number of carbonyl (C=O) groups excluding carboxylic acids is 1. The van der Waals surface area contributed by atoms with Gasteiger partial charge in [0.2, 0.25) is 5.91 Å². The fraction of sp³-hybridized carbons (Fsp3) is 0.417. The molecule has 1 aliphatic rings. The summed E-state index contributed by atoms with van der Waals surface area (Å²) in [6.45, 7) is 1.42. The number of hydrogen-bond donors (Lipinski definition) is 1. The molecule has 86 valence electrons. The summed E-state index contributed by atoms with van der Waals surface area (Å²) in [7, 11) is 1.86. The highest BCUT2D eigenvalue weighted by atomic mass is 32.2. The summed E-state index contributed by atoms with van der Waals surface area (Å²) in [6.07, 6.45) is 0.937.